The molecule has 49 heavy (non-hydrogen) atoms. The lowest BCUT2D eigenvalue weighted by Crippen LogP contribution is -2.15. The normalized spacial score (nSPS) is 12.9. The molecule has 0 saturated carbocycles. The van der Waals surface area contributed by atoms with Crippen LogP contribution in [-0.4, -0.2) is 0 Å². The zero-order valence-electron chi connectivity index (χ0n) is 27.6. The van der Waals surface area contributed by atoms with E-state index in [1.54, 1.807) is 0 Å². The highest BCUT2D eigenvalue weighted by molar-refractivity contribution is 5.95. The number of hydrogen-bond acceptors (Lipinski definition) is 2. The second-order valence-corrected chi connectivity index (χ2v) is 13.4. The van der Waals surface area contributed by atoms with Crippen LogP contribution in [0.5, 0.6) is 0 Å². The van der Waals surface area contributed by atoms with Crippen molar-refractivity contribution in [3.63, 3.8) is 0 Å². The lowest BCUT2D eigenvalue weighted by atomic mass is 9.80. The Kier molecular flexibility index (Phi) is 6.84. The lowest BCUT2D eigenvalue weighted by Gasteiger charge is -2.26. The van der Waals surface area contributed by atoms with Gasteiger partial charge in [0.1, 0.15) is 11.3 Å². The zero-order valence-corrected chi connectivity index (χ0v) is 27.6. The summed E-state index contributed by atoms with van der Waals surface area (Å²) in [4.78, 5) is 2.34. The molecule has 1 aliphatic rings. The molecule has 0 amide bonds. The van der Waals surface area contributed by atoms with Gasteiger partial charge in [-0.2, -0.15) is 0 Å². The average Bonchev–Trinajstić information content (AvgIpc) is 3.66. The van der Waals surface area contributed by atoms with Crippen molar-refractivity contribution < 1.29 is 4.42 Å². The van der Waals surface area contributed by atoms with Crippen LogP contribution in [0, 0.1) is 0 Å². The van der Waals surface area contributed by atoms with Crippen LogP contribution in [0.1, 0.15) is 25.0 Å². The Hall–Kier alpha value is -6.12. The fourth-order valence-electron chi connectivity index (χ4n) is 7.55. The Bertz CT molecular complexity index is 2340. The van der Waals surface area contributed by atoms with Gasteiger partial charge in [0.05, 0.1) is 0 Å². The molecule has 9 rings (SSSR count). The molecule has 2 heteroatoms. The van der Waals surface area contributed by atoms with Crippen molar-refractivity contribution in [1.29, 1.82) is 0 Å². The third-order valence-corrected chi connectivity index (χ3v) is 10.1. The van der Waals surface area contributed by atoms with E-state index < -0.39 is 0 Å². The second kappa shape index (κ2) is 11.5. The van der Waals surface area contributed by atoms with Gasteiger partial charge >= 0.3 is 0 Å². The van der Waals surface area contributed by atoms with Gasteiger partial charge in [-0.25, -0.2) is 0 Å². The summed E-state index contributed by atoms with van der Waals surface area (Å²) in [6.07, 6.45) is 0. The van der Waals surface area contributed by atoms with Crippen molar-refractivity contribution >= 4 is 28.0 Å². The number of furan rings is 1. The van der Waals surface area contributed by atoms with E-state index in [1.165, 1.54) is 55.5 Å². The molecule has 0 N–H and O–H groups in total. The molecule has 0 radical (unpaired) electrons. The first-order chi connectivity index (χ1) is 24.0. The van der Waals surface area contributed by atoms with Crippen LogP contribution in [0.3, 0.4) is 0 Å². The topological polar surface area (TPSA) is 16.4 Å². The summed E-state index contributed by atoms with van der Waals surface area (Å²) in [6, 6.07) is 63.0. The Morgan fingerprint density at radius 1 is 0.429 bits per heavy atom. The van der Waals surface area contributed by atoms with Crippen molar-refractivity contribution in [2.45, 2.75) is 19.3 Å². The van der Waals surface area contributed by atoms with Gasteiger partial charge in [0.25, 0.3) is 0 Å². The highest BCUT2D eigenvalue weighted by Gasteiger charge is 2.40. The number of nitrogens with zero attached hydrogens (tertiary/aromatic N) is 1. The van der Waals surface area contributed by atoms with Crippen LogP contribution in [0.2, 0.25) is 0 Å². The lowest BCUT2D eigenvalue weighted by molar-refractivity contribution is 0.619. The molecule has 1 aromatic heterocycles. The first-order valence-electron chi connectivity index (χ1n) is 16.9. The smallest absolute Gasteiger partial charge is 0.139 e. The molecular weight excluding hydrogens is 595 g/mol. The van der Waals surface area contributed by atoms with E-state index in [4.69, 9.17) is 4.42 Å². The minimum Gasteiger partial charge on any atom is -0.456 e. The van der Waals surface area contributed by atoms with Gasteiger partial charge in [-0.1, -0.05) is 141 Å². The quantitative estimate of drug-likeness (QED) is 0.182. The summed E-state index contributed by atoms with van der Waals surface area (Å²) in [7, 11) is 0. The minimum absolute atomic E-state index is 0.151. The molecule has 0 spiro atoms. The molecule has 0 atom stereocenters. The van der Waals surface area contributed by atoms with Crippen LogP contribution in [-0.2, 0) is 5.41 Å². The molecule has 2 nitrogen and oxygen atoms in total. The van der Waals surface area contributed by atoms with Gasteiger partial charge in [0, 0.05) is 39.0 Å². The fraction of sp³-hybridized carbons (Fsp3) is 0.0638. The number of hydrogen-bond donors (Lipinski definition) is 0. The Labute approximate surface area is 287 Å². The molecule has 0 saturated heterocycles. The summed E-state index contributed by atoms with van der Waals surface area (Å²) >= 11 is 0. The monoisotopic (exact) mass is 629 g/mol. The first kappa shape index (κ1) is 29.1. The molecule has 0 unspecified atom stereocenters. The number of para-hydroxylation sites is 1. The molecule has 0 fully saturated rings. The molecule has 1 heterocycles. The van der Waals surface area contributed by atoms with E-state index in [9.17, 15) is 0 Å². The highest BCUT2D eigenvalue weighted by atomic mass is 16.3. The number of fused-ring (bicyclic) bond motifs is 5. The molecule has 8 aromatic rings. The predicted molar refractivity (Wildman–Crippen MR) is 205 cm³/mol. The standard InChI is InChI=1S/C47H35NO/c1-47(2)43-31-37(23-30-41(43)46-45(47)42-15-9-10-16-44(42)49-46)36-21-28-40(29-22-36)48(38-24-17-34(18-25-38)32-11-5-3-6-12-32)39-26-19-35(20-27-39)33-13-7-4-8-14-33/h3-31H,1-2H3. The van der Waals surface area contributed by atoms with Gasteiger partial charge in [-0.15, -0.1) is 0 Å². The van der Waals surface area contributed by atoms with Crippen LogP contribution in [0.15, 0.2) is 180 Å². The number of benzene rings is 7. The SMILES string of the molecule is CC1(C)c2cc(-c3ccc(N(c4ccc(-c5ccccc5)cc4)c4ccc(-c5ccccc5)cc4)cc3)ccc2-c2oc3ccccc3c21. The van der Waals surface area contributed by atoms with Gasteiger partial charge in [0.2, 0.25) is 0 Å². The van der Waals surface area contributed by atoms with Gasteiger partial charge in [-0.3, -0.25) is 0 Å². The largest absolute Gasteiger partial charge is 0.456 e. The van der Waals surface area contributed by atoms with Crippen LogP contribution < -0.4 is 4.90 Å². The van der Waals surface area contributed by atoms with E-state index in [2.05, 4.69) is 189 Å². The molecule has 0 bridgehead atoms. The van der Waals surface area contributed by atoms with Crippen molar-refractivity contribution in [3.8, 4) is 44.7 Å². The van der Waals surface area contributed by atoms with Crippen LogP contribution in [0.4, 0.5) is 17.1 Å². The zero-order chi connectivity index (χ0) is 33.0. The molecule has 0 aliphatic heterocycles. The van der Waals surface area contributed by atoms with E-state index >= 15 is 0 Å². The van der Waals surface area contributed by atoms with Gasteiger partial charge in [-0.05, 0) is 87.5 Å². The maximum Gasteiger partial charge on any atom is 0.139 e. The van der Waals surface area contributed by atoms with Crippen molar-refractivity contribution in [1.82, 2.24) is 0 Å². The van der Waals surface area contributed by atoms with Crippen molar-refractivity contribution in [3.05, 3.63) is 187 Å². The second-order valence-electron chi connectivity index (χ2n) is 13.4. The van der Waals surface area contributed by atoms with Crippen LogP contribution >= 0.6 is 0 Å². The summed E-state index contributed by atoms with van der Waals surface area (Å²) in [6.45, 7) is 4.63. The summed E-state index contributed by atoms with van der Waals surface area (Å²) in [5, 5.41) is 1.21. The van der Waals surface area contributed by atoms with Gasteiger partial charge < -0.3 is 9.32 Å². The number of rotatable bonds is 6. The average molecular weight is 630 g/mol. The molecule has 7 aromatic carbocycles. The number of anilines is 3. The maximum atomic E-state index is 6.40. The molecular formula is C47H35NO. The Morgan fingerprint density at radius 2 is 0.857 bits per heavy atom. The minimum atomic E-state index is -0.151. The van der Waals surface area contributed by atoms with Crippen molar-refractivity contribution in [2.75, 3.05) is 4.90 Å². The summed E-state index contributed by atoms with van der Waals surface area (Å²) in [5.41, 5.74) is 15.2. The fourth-order valence-corrected chi connectivity index (χ4v) is 7.55. The van der Waals surface area contributed by atoms with Crippen LogP contribution in [0.25, 0.3) is 55.7 Å². The molecule has 234 valence electrons. The third kappa shape index (κ3) is 4.96. The van der Waals surface area contributed by atoms with E-state index in [-0.39, 0.29) is 5.41 Å². The highest BCUT2D eigenvalue weighted by Crippen LogP contribution is 2.53. The summed E-state index contributed by atoms with van der Waals surface area (Å²) < 4.78 is 6.40. The Morgan fingerprint density at radius 3 is 1.39 bits per heavy atom. The Balaban J connectivity index is 1.08. The van der Waals surface area contributed by atoms with E-state index in [1.807, 2.05) is 6.07 Å². The third-order valence-electron chi connectivity index (χ3n) is 10.1. The molecule has 1 aliphatic carbocycles. The van der Waals surface area contributed by atoms with Gasteiger partial charge in [0.15, 0.2) is 0 Å². The van der Waals surface area contributed by atoms with E-state index in [0.717, 1.165) is 28.4 Å². The first-order valence-corrected chi connectivity index (χ1v) is 16.9. The summed E-state index contributed by atoms with van der Waals surface area (Å²) in [5.74, 6) is 1.01. The predicted octanol–water partition coefficient (Wildman–Crippen LogP) is 13.2. The maximum absolute atomic E-state index is 6.40. The van der Waals surface area contributed by atoms with Crippen molar-refractivity contribution in [2.24, 2.45) is 0 Å². The van der Waals surface area contributed by atoms with E-state index in [0.29, 0.717) is 0 Å².